The van der Waals surface area contributed by atoms with E-state index in [0.717, 1.165) is 5.56 Å². The predicted molar refractivity (Wildman–Crippen MR) is 116 cm³/mol. The number of alkyl carbamates (subject to hydrolysis) is 1. The first-order valence-corrected chi connectivity index (χ1v) is 10.4. The zero-order valence-corrected chi connectivity index (χ0v) is 19.1. The molecule has 7 heteroatoms. The highest BCUT2D eigenvalue weighted by molar-refractivity contribution is 5.89. The highest BCUT2D eigenvalue weighted by Gasteiger charge is 2.27. The Kier molecular flexibility index (Phi) is 10.5. The maximum absolute atomic E-state index is 13.1. The maximum Gasteiger partial charge on any atom is 0.408 e. The van der Waals surface area contributed by atoms with Gasteiger partial charge < -0.3 is 14.8 Å². The molecule has 30 heavy (non-hydrogen) atoms. The molecule has 0 saturated heterocycles. The zero-order chi connectivity index (χ0) is 22.7. The second kappa shape index (κ2) is 12.3. The number of nitrogens with one attached hydrogen (secondary N) is 1. The lowest BCUT2D eigenvalue weighted by Gasteiger charge is -2.26. The molecule has 0 aliphatic heterocycles. The quantitative estimate of drug-likeness (QED) is 0.551. The summed E-state index contributed by atoms with van der Waals surface area (Å²) in [6.45, 7) is 11.7. The maximum atomic E-state index is 13.1. The third-order valence-corrected chi connectivity index (χ3v) is 4.07. The van der Waals surface area contributed by atoms with Gasteiger partial charge in [0.05, 0.1) is 25.7 Å². The Morgan fingerprint density at radius 2 is 1.70 bits per heavy atom. The van der Waals surface area contributed by atoms with E-state index in [0.29, 0.717) is 13.0 Å². The van der Waals surface area contributed by atoms with Crippen molar-refractivity contribution in [1.29, 1.82) is 0 Å². The molecule has 0 unspecified atom stereocenters. The molecule has 1 rings (SSSR count). The van der Waals surface area contributed by atoms with Gasteiger partial charge in [0.15, 0.2) is 5.78 Å². The molecule has 0 aromatic heterocycles. The van der Waals surface area contributed by atoms with E-state index in [9.17, 15) is 14.4 Å². The van der Waals surface area contributed by atoms with Gasteiger partial charge in [0.2, 0.25) is 0 Å². The van der Waals surface area contributed by atoms with Crippen LogP contribution in [0.15, 0.2) is 30.3 Å². The van der Waals surface area contributed by atoms with Crippen LogP contribution in [0.3, 0.4) is 0 Å². The van der Waals surface area contributed by atoms with E-state index < -0.39 is 17.7 Å². The molecule has 7 nitrogen and oxygen atoms in total. The molecule has 0 aliphatic carbocycles. The zero-order valence-electron chi connectivity index (χ0n) is 19.1. The lowest BCUT2D eigenvalue weighted by Crippen LogP contribution is -2.48. The number of amides is 1. The van der Waals surface area contributed by atoms with Crippen LogP contribution in [0.1, 0.15) is 53.5 Å². The molecule has 0 saturated carbocycles. The summed E-state index contributed by atoms with van der Waals surface area (Å²) in [6, 6.07) is 8.91. The number of ketones is 1. The SMILES string of the molecule is CCOC(=O)CN(CC(=O)[C@H](CC(C)C)NC(=O)OC(C)(C)C)Cc1ccccc1. The second-order valence-corrected chi connectivity index (χ2v) is 8.73. The van der Waals surface area contributed by atoms with Crippen LogP contribution in [-0.4, -0.2) is 54.1 Å². The number of benzene rings is 1. The van der Waals surface area contributed by atoms with Crippen molar-refractivity contribution in [2.24, 2.45) is 5.92 Å². The highest BCUT2D eigenvalue weighted by Crippen LogP contribution is 2.12. The van der Waals surface area contributed by atoms with Crippen molar-refractivity contribution in [3.05, 3.63) is 35.9 Å². The fourth-order valence-corrected chi connectivity index (χ4v) is 2.92. The number of hydrogen-bond acceptors (Lipinski definition) is 6. The van der Waals surface area contributed by atoms with Crippen LogP contribution < -0.4 is 5.32 Å². The van der Waals surface area contributed by atoms with Gasteiger partial charge in [-0.2, -0.15) is 0 Å². The molecule has 168 valence electrons. The Labute approximate surface area is 180 Å². The molecule has 1 aromatic carbocycles. The Morgan fingerprint density at radius 3 is 2.23 bits per heavy atom. The lowest BCUT2D eigenvalue weighted by atomic mass is 10.00. The molecule has 1 amide bonds. The van der Waals surface area contributed by atoms with Crippen molar-refractivity contribution >= 4 is 17.8 Å². The van der Waals surface area contributed by atoms with Crippen LogP contribution >= 0.6 is 0 Å². The number of carbonyl (C=O) groups excluding carboxylic acids is 3. The summed E-state index contributed by atoms with van der Waals surface area (Å²) < 4.78 is 10.4. The van der Waals surface area contributed by atoms with Gasteiger partial charge in [-0.05, 0) is 45.6 Å². The molecule has 1 atom stereocenters. The summed E-state index contributed by atoms with van der Waals surface area (Å²) in [5.74, 6) is -0.363. The molecule has 0 fully saturated rings. The van der Waals surface area contributed by atoms with Gasteiger partial charge in [-0.3, -0.25) is 14.5 Å². The summed E-state index contributed by atoms with van der Waals surface area (Å²) in [6.07, 6.45) is -0.141. The Morgan fingerprint density at radius 1 is 1.07 bits per heavy atom. The van der Waals surface area contributed by atoms with E-state index in [1.54, 1.807) is 32.6 Å². The normalized spacial score (nSPS) is 12.5. The van der Waals surface area contributed by atoms with Gasteiger partial charge in [-0.25, -0.2) is 4.79 Å². The predicted octanol–water partition coefficient (Wildman–Crippen LogP) is 3.56. The molecular formula is C23H36N2O5. The number of nitrogens with zero attached hydrogens (tertiary/aromatic N) is 1. The third kappa shape index (κ3) is 11.0. The van der Waals surface area contributed by atoms with Crippen LogP contribution in [0, 0.1) is 5.92 Å². The smallest absolute Gasteiger partial charge is 0.408 e. The first-order chi connectivity index (χ1) is 14.0. The number of esters is 1. The van der Waals surface area contributed by atoms with Crippen molar-refractivity contribution < 1.29 is 23.9 Å². The highest BCUT2D eigenvalue weighted by atomic mass is 16.6. The minimum atomic E-state index is -0.694. The number of ether oxygens (including phenoxy) is 2. The van der Waals surface area contributed by atoms with Gasteiger partial charge in [-0.1, -0.05) is 44.2 Å². The van der Waals surface area contributed by atoms with Gasteiger partial charge in [0.25, 0.3) is 0 Å². The number of carbonyl (C=O) groups is 3. The Bertz CT molecular complexity index is 683. The largest absolute Gasteiger partial charge is 0.465 e. The molecule has 0 heterocycles. The Balaban J connectivity index is 2.90. The molecule has 0 radical (unpaired) electrons. The lowest BCUT2D eigenvalue weighted by molar-refractivity contribution is -0.144. The minimum Gasteiger partial charge on any atom is -0.465 e. The molecule has 0 bridgehead atoms. The van der Waals surface area contributed by atoms with Gasteiger partial charge >= 0.3 is 12.1 Å². The van der Waals surface area contributed by atoms with Crippen LogP contribution in [0.4, 0.5) is 4.79 Å². The summed E-state index contributed by atoms with van der Waals surface area (Å²) in [5.41, 5.74) is 0.328. The second-order valence-electron chi connectivity index (χ2n) is 8.73. The Hall–Kier alpha value is -2.41. The van der Waals surface area contributed by atoms with Crippen LogP contribution in [-0.2, 0) is 25.6 Å². The van der Waals surface area contributed by atoms with Crippen molar-refractivity contribution in [2.45, 2.75) is 66.2 Å². The monoisotopic (exact) mass is 420 g/mol. The van der Waals surface area contributed by atoms with Crippen molar-refractivity contribution in [2.75, 3.05) is 19.7 Å². The van der Waals surface area contributed by atoms with E-state index in [4.69, 9.17) is 9.47 Å². The first-order valence-electron chi connectivity index (χ1n) is 10.4. The summed E-state index contributed by atoms with van der Waals surface area (Å²) in [5, 5.41) is 2.70. The average molecular weight is 421 g/mol. The molecular weight excluding hydrogens is 384 g/mol. The van der Waals surface area contributed by atoms with E-state index in [1.165, 1.54) is 0 Å². The van der Waals surface area contributed by atoms with Crippen LogP contribution in [0.2, 0.25) is 0 Å². The van der Waals surface area contributed by atoms with Gasteiger partial charge in [0.1, 0.15) is 5.60 Å². The topological polar surface area (TPSA) is 84.9 Å². The first kappa shape index (κ1) is 25.6. The number of rotatable bonds is 11. The third-order valence-electron chi connectivity index (χ3n) is 4.07. The minimum absolute atomic E-state index is 0.00465. The fourth-order valence-electron chi connectivity index (χ4n) is 2.92. The number of hydrogen-bond donors (Lipinski definition) is 1. The summed E-state index contributed by atoms with van der Waals surface area (Å²) in [4.78, 5) is 39.1. The molecule has 0 spiro atoms. The van der Waals surface area contributed by atoms with E-state index in [-0.39, 0.29) is 37.4 Å². The molecule has 1 N–H and O–H groups in total. The average Bonchev–Trinajstić information content (AvgIpc) is 2.60. The fraction of sp³-hybridized carbons (Fsp3) is 0.609. The van der Waals surface area contributed by atoms with E-state index >= 15 is 0 Å². The van der Waals surface area contributed by atoms with Gasteiger partial charge in [-0.15, -0.1) is 0 Å². The van der Waals surface area contributed by atoms with Crippen molar-refractivity contribution in [3.8, 4) is 0 Å². The summed E-state index contributed by atoms with van der Waals surface area (Å²) in [7, 11) is 0. The van der Waals surface area contributed by atoms with Crippen LogP contribution in [0.25, 0.3) is 0 Å². The summed E-state index contributed by atoms with van der Waals surface area (Å²) >= 11 is 0. The molecule has 0 aliphatic rings. The van der Waals surface area contributed by atoms with Crippen molar-refractivity contribution in [1.82, 2.24) is 10.2 Å². The van der Waals surface area contributed by atoms with E-state index in [2.05, 4.69) is 5.32 Å². The van der Waals surface area contributed by atoms with E-state index in [1.807, 2.05) is 44.2 Å². The number of Topliss-reactive ketones (excluding diaryl/α,β-unsaturated/α-hetero) is 1. The molecule has 1 aromatic rings. The van der Waals surface area contributed by atoms with Crippen molar-refractivity contribution in [3.63, 3.8) is 0 Å². The van der Waals surface area contributed by atoms with Gasteiger partial charge in [0, 0.05) is 6.54 Å². The van der Waals surface area contributed by atoms with Crippen LogP contribution in [0.5, 0.6) is 0 Å². The standard InChI is InChI=1S/C23H36N2O5/c1-7-29-21(27)16-25(14-18-11-9-8-10-12-18)15-20(26)19(13-17(2)3)24-22(28)30-23(4,5)6/h8-12,17,19H,7,13-16H2,1-6H3,(H,24,28)/t19-/m0/s1.